The van der Waals surface area contributed by atoms with Crippen molar-refractivity contribution in [2.24, 2.45) is 0 Å². The highest BCUT2D eigenvalue weighted by atomic mass is 79.9. The zero-order valence-electron chi connectivity index (χ0n) is 22.0. The molecule has 0 aliphatic rings. The lowest BCUT2D eigenvalue weighted by Crippen LogP contribution is -2.49. The number of rotatable bonds is 8. The number of ether oxygens (including phenoxy) is 1. The van der Waals surface area contributed by atoms with Crippen molar-refractivity contribution in [1.29, 1.82) is 0 Å². The number of carbonyl (C=O) groups excluding carboxylic acids is 1. The number of thiazole rings is 1. The Balaban J connectivity index is 2.49. The SMILES string of the molecule is CC(C)(C)OC(=O)NC(CCc1ncc(Br)s1)[C@@H](O[Si](C)(C)C(C)(C)C)c1ccc(C(F)(F)F)cc1. The lowest BCUT2D eigenvalue weighted by Gasteiger charge is -2.42. The van der Waals surface area contributed by atoms with Gasteiger partial charge in [0.05, 0.1) is 32.7 Å². The van der Waals surface area contributed by atoms with Gasteiger partial charge in [-0.25, -0.2) is 9.78 Å². The summed E-state index contributed by atoms with van der Waals surface area (Å²) in [6.07, 6.45) is -3.00. The fraction of sp³-hybridized carbons (Fsp3) is 0.600. The number of nitrogens with one attached hydrogen (secondary N) is 1. The van der Waals surface area contributed by atoms with E-state index in [0.717, 1.165) is 20.9 Å². The minimum atomic E-state index is -4.44. The molecule has 0 saturated carbocycles. The van der Waals surface area contributed by atoms with Crippen molar-refractivity contribution >= 4 is 41.7 Å². The standard InChI is InChI=1S/C25H36BrF3N2O3SSi/c1-23(2,3)33-22(32)31-18(13-14-20-30-15-19(26)35-20)21(34-36(7,8)24(4,5)6)16-9-11-17(12-10-16)25(27,28)29/h9-12,15,18,21H,13-14H2,1-8H3,(H,31,32)/t18?,21-/m0/s1. The van der Waals surface area contributed by atoms with Gasteiger partial charge in [0.2, 0.25) is 0 Å². The molecule has 36 heavy (non-hydrogen) atoms. The Kier molecular flexibility index (Phi) is 9.86. The van der Waals surface area contributed by atoms with Crippen LogP contribution in [0.1, 0.15) is 70.2 Å². The Hall–Kier alpha value is -1.43. The van der Waals surface area contributed by atoms with Crippen LogP contribution in [-0.2, 0) is 21.8 Å². The molecule has 1 unspecified atom stereocenters. The average Bonchev–Trinajstić information content (AvgIpc) is 3.12. The first-order chi connectivity index (χ1) is 16.3. The zero-order valence-corrected chi connectivity index (χ0v) is 25.5. The van der Waals surface area contributed by atoms with Gasteiger partial charge in [-0.2, -0.15) is 13.2 Å². The Morgan fingerprint density at radius 2 is 1.69 bits per heavy atom. The Bertz CT molecular complexity index is 1020. The van der Waals surface area contributed by atoms with E-state index in [1.54, 1.807) is 27.0 Å². The zero-order chi connectivity index (χ0) is 27.5. The Morgan fingerprint density at radius 3 is 2.14 bits per heavy atom. The van der Waals surface area contributed by atoms with Crippen LogP contribution in [-0.4, -0.2) is 31.0 Å². The van der Waals surface area contributed by atoms with E-state index in [1.807, 2.05) is 0 Å². The van der Waals surface area contributed by atoms with E-state index in [1.165, 1.54) is 23.5 Å². The molecule has 0 bridgehead atoms. The van der Waals surface area contributed by atoms with E-state index in [4.69, 9.17) is 9.16 Å². The molecule has 0 fully saturated rings. The number of carbonyl (C=O) groups is 1. The molecule has 1 heterocycles. The molecule has 202 valence electrons. The van der Waals surface area contributed by atoms with Crippen LogP contribution in [0, 0.1) is 0 Å². The maximum Gasteiger partial charge on any atom is 0.416 e. The summed E-state index contributed by atoms with van der Waals surface area (Å²) in [5.41, 5.74) is -0.880. The Labute approximate surface area is 225 Å². The number of benzene rings is 1. The first-order valence-corrected chi connectivity index (χ1v) is 16.2. The van der Waals surface area contributed by atoms with E-state index in [9.17, 15) is 18.0 Å². The largest absolute Gasteiger partial charge is 0.444 e. The first kappa shape index (κ1) is 30.8. The number of halogens is 4. The minimum Gasteiger partial charge on any atom is -0.444 e. The molecule has 2 atom stereocenters. The van der Waals surface area contributed by atoms with Gasteiger partial charge in [-0.1, -0.05) is 32.9 Å². The second-order valence-corrected chi connectivity index (χ2v) is 18.5. The molecule has 1 aromatic carbocycles. The van der Waals surface area contributed by atoms with Gasteiger partial charge in [-0.15, -0.1) is 11.3 Å². The lowest BCUT2D eigenvalue weighted by molar-refractivity contribution is -0.137. The van der Waals surface area contributed by atoms with E-state index in [-0.39, 0.29) is 5.04 Å². The van der Waals surface area contributed by atoms with Gasteiger partial charge >= 0.3 is 12.3 Å². The van der Waals surface area contributed by atoms with Crippen molar-refractivity contribution in [1.82, 2.24) is 10.3 Å². The van der Waals surface area contributed by atoms with Gasteiger partial charge in [0.1, 0.15) is 5.60 Å². The summed E-state index contributed by atoms with van der Waals surface area (Å²) in [5, 5.41) is 3.66. The van der Waals surface area contributed by atoms with E-state index >= 15 is 0 Å². The third kappa shape index (κ3) is 9.15. The molecule has 0 radical (unpaired) electrons. The Morgan fingerprint density at radius 1 is 1.11 bits per heavy atom. The molecule has 2 rings (SSSR count). The number of hydrogen-bond donors (Lipinski definition) is 1. The first-order valence-electron chi connectivity index (χ1n) is 11.7. The van der Waals surface area contributed by atoms with Gasteiger partial charge < -0.3 is 14.5 Å². The third-order valence-electron chi connectivity index (χ3n) is 6.06. The van der Waals surface area contributed by atoms with Gasteiger partial charge in [0.15, 0.2) is 8.32 Å². The molecule has 0 spiro atoms. The second-order valence-electron chi connectivity index (χ2n) is 11.3. The van der Waals surface area contributed by atoms with Crippen LogP contribution in [0.4, 0.5) is 18.0 Å². The van der Waals surface area contributed by atoms with E-state index in [2.05, 4.69) is 60.1 Å². The topological polar surface area (TPSA) is 60.5 Å². The van der Waals surface area contributed by atoms with Crippen LogP contribution in [0.5, 0.6) is 0 Å². The molecule has 11 heteroatoms. The van der Waals surface area contributed by atoms with Crippen molar-refractivity contribution in [3.05, 3.63) is 50.4 Å². The van der Waals surface area contributed by atoms with E-state index < -0.39 is 43.9 Å². The number of hydrogen-bond acceptors (Lipinski definition) is 5. The van der Waals surface area contributed by atoms with Gasteiger partial charge in [-0.05, 0) is 79.0 Å². The molecule has 1 N–H and O–H groups in total. The van der Waals surface area contributed by atoms with Crippen molar-refractivity contribution in [2.75, 3.05) is 0 Å². The summed E-state index contributed by atoms with van der Waals surface area (Å²) in [5.74, 6) is 0. The number of aryl methyl sites for hydroxylation is 1. The van der Waals surface area contributed by atoms with Crippen LogP contribution in [0.15, 0.2) is 34.2 Å². The minimum absolute atomic E-state index is 0.159. The van der Waals surface area contributed by atoms with E-state index in [0.29, 0.717) is 18.4 Å². The normalized spacial score (nSPS) is 14.9. The van der Waals surface area contributed by atoms with Crippen LogP contribution in [0.3, 0.4) is 0 Å². The van der Waals surface area contributed by atoms with Crippen LogP contribution in [0.2, 0.25) is 18.1 Å². The highest BCUT2D eigenvalue weighted by Crippen LogP contribution is 2.41. The molecule has 5 nitrogen and oxygen atoms in total. The van der Waals surface area contributed by atoms with Gasteiger partial charge in [0.25, 0.3) is 0 Å². The van der Waals surface area contributed by atoms with Crippen molar-refractivity contribution in [3.63, 3.8) is 0 Å². The van der Waals surface area contributed by atoms with Crippen LogP contribution < -0.4 is 5.32 Å². The number of aromatic nitrogens is 1. The van der Waals surface area contributed by atoms with Gasteiger partial charge in [0, 0.05) is 6.42 Å². The molecule has 0 aliphatic carbocycles. The summed E-state index contributed by atoms with van der Waals surface area (Å²) < 4.78 is 52.9. The molecule has 0 saturated heterocycles. The fourth-order valence-electron chi connectivity index (χ4n) is 3.18. The van der Waals surface area contributed by atoms with Crippen molar-refractivity contribution in [2.45, 2.75) is 96.4 Å². The highest BCUT2D eigenvalue weighted by Gasteiger charge is 2.42. The average molecular weight is 610 g/mol. The summed E-state index contributed by atoms with van der Waals surface area (Å²) in [4.78, 5) is 17.2. The monoisotopic (exact) mass is 608 g/mol. The molecule has 0 aliphatic heterocycles. The van der Waals surface area contributed by atoms with Crippen LogP contribution in [0.25, 0.3) is 0 Å². The maximum atomic E-state index is 13.2. The third-order valence-corrected chi connectivity index (χ3v) is 12.0. The summed E-state index contributed by atoms with van der Waals surface area (Å²) >= 11 is 4.91. The smallest absolute Gasteiger partial charge is 0.416 e. The van der Waals surface area contributed by atoms with Crippen molar-refractivity contribution in [3.8, 4) is 0 Å². The lowest BCUT2D eigenvalue weighted by atomic mass is 9.97. The van der Waals surface area contributed by atoms with Crippen LogP contribution >= 0.6 is 27.3 Å². The molecule has 1 amide bonds. The summed E-state index contributed by atoms with van der Waals surface area (Å²) in [6.45, 7) is 15.7. The second kappa shape index (κ2) is 11.5. The number of alkyl halides is 3. The maximum absolute atomic E-state index is 13.2. The molecule has 1 aromatic heterocycles. The summed E-state index contributed by atoms with van der Waals surface area (Å²) in [6, 6.07) is 4.42. The molecule has 2 aromatic rings. The quantitative estimate of drug-likeness (QED) is 0.305. The number of amides is 1. The predicted molar refractivity (Wildman–Crippen MR) is 144 cm³/mol. The molecular weight excluding hydrogens is 573 g/mol. The number of alkyl carbamates (subject to hydrolysis) is 1. The highest BCUT2D eigenvalue weighted by molar-refractivity contribution is 9.11. The van der Waals surface area contributed by atoms with Gasteiger partial charge in [-0.3, -0.25) is 0 Å². The number of nitrogens with zero attached hydrogens (tertiary/aromatic N) is 1. The predicted octanol–water partition coefficient (Wildman–Crippen LogP) is 8.51. The fourth-order valence-corrected chi connectivity index (χ4v) is 5.79. The summed E-state index contributed by atoms with van der Waals surface area (Å²) in [7, 11) is -2.40. The molecular formula is C25H36BrF3N2O3SSi. The van der Waals surface area contributed by atoms with Crippen molar-refractivity contribution < 1.29 is 27.1 Å².